The molecule has 0 aliphatic carbocycles. The third-order valence-corrected chi connectivity index (χ3v) is 3.33. The van der Waals surface area contributed by atoms with Gasteiger partial charge in [0.15, 0.2) is 0 Å². The number of hydrogen-bond donors (Lipinski definition) is 1. The number of aryl methyl sites for hydroxylation is 2. The molecule has 0 spiro atoms. The topological polar surface area (TPSA) is 29.1 Å². The highest BCUT2D eigenvalue weighted by Crippen LogP contribution is 2.26. The molecular weight excluding hydrogens is 246 g/mol. The van der Waals surface area contributed by atoms with Gasteiger partial charge in [0.25, 0.3) is 0 Å². The van der Waals surface area contributed by atoms with Crippen LogP contribution in [0.4, 0.5) is 4.79 Å². The number of amides is 1. The molecule has 2 nitrogen and oxygen atoms in total. The zero-order valence-corrected chi connectivity index (χ0v) is 12.6. The van der Waals surface area contributed by atoms with Crippen molar-refractivity contribution in [3.05, 3.63) is 34.4 Å². The first-order chi connectivity index (χ1) is 8.21. The molecule has 1 rings (SSSR count). The Morgan fingerprint density at radius 1 is 1.22 bits per heavy atom. The highest BCUT2D eigenvalue weighted by atomic mass is 35.5. The highest BCUT2D eigenvalue weighted by molar-refractivity contribution is 6.62. The number of carbonyl (C=O) groups is 1. The third-order valence-electron chi connectivity index (χ3n) is 3.20. The lowest BCUT2D eigenvalue weighted by molar-refractivity contribution is 0.260. The van der Waals surface area contributed by atoms with Gasteiger partial charge in [0.2, 0.25) is 0 Å². The summed E-state index contributed by atoms with van der Waals surface area (Å²) in [5.74, 6) is 0. The summed E-state index contributed by atoms with van der Waals surface area (Å²) in [6.07, 6.45) is 0.820. The number of halogens is 1. The zero-order valence-electron chi connectivity index (χ0n) is 11.9. The minimum Gasteiger partial charge on any atom is -0.342 e. The van der Waals surface area contributed by atoms with E-state index in [1.807, 2.05) is 0 Å². The van der Waals surface area contributed by atoms with E-state index in [4.69, 9.17) is 11.6 Å². The molecule has 0 unspecified atom stereocenters. The predicted octanol–water partition coefficient (Wildman–Crippen LogP) is 4.09. The van der Waals surface area contributed by atoms with Gasteiger partial charge < -0.3 is 5.32 Å². The van der Waals surface area contributed by atoms with Crippen LogP contribution >= 0.6 is 11.6 Å². The third kappa shape index (κ3) is 4.02. The molecule has 0 aliphatic rings. The van der Waals surface area contributed by atoms with Gasteiger partial charge in [-0.1, -0.05) is 32.9 Å². The van der Waals surface area contributed by atoms with Crippen molar-refractivity contribution in [1.29, 1.82) is 0 Å². The van der Waals surface area contributed by atoms with Crippen molar-refractivity contribution in [3.63, 3.8) is 0 Å². The van der Waals surface area contributed by atoms with E-state index in [1.54, 1.807) is 0 Å². The number of rotatable bonds is 3. The van der Waals surface area contributed by atoms with Crippen molar-refractivity contribution < 1.29 is 4.79 Å². The average Bonchev–Trinajstić information content (AvgIpc) is 2.20. The first-order valence-electron chi connectivity index (χ1n) is 6.25. The Bertz CT molecular complexity index is 423. The monoisotopic (exact) mass is 267 g/mol. The molecule has 0 heterocycles. The Morgan fingerprint density at radius 2 is 1.72 bits per heavy atom. The van der Waals surface area contributed by atoms with Gasteiger partial charge in [0.1, 0.15) is 0 Å². The lowest BCUT2D eigenvalue weighted by atomic mass is 9.83. The van der Waals surface area contributed by atoms with Crippen LogP contribution < -0.4 is 5.32 Å². The molecule has 3 heteroatoms. The number of nitrogens with one attached hydrogen (secondary N) is 1. The summed E-state index contributed by atoms with van der Waals surface area (Å²) < 4.78 is 0. The van der Waals surface area contributed by atoms with Crippen molar-refractivity contribution in [2.24, 2.45) is 0 Å². The van der Waals surface area contributed by atoms with Crippen LogP contribution in [0.2, 0.25) is 0 Å². The molecule has 0 saturated carbocycles. The van der Waals surface area contributed by atoms with Crippen molar-refractivity contribution in [1.82, 2.24) is 5.32 Å². The normalized spacial score (nSPS) is 11.4. The van der Waals surface area contributed by atoms with Gasteiger partial charge in [0, 0.05) is 6.54 Å². The first kappa shape index (κ1) is 15.0. The molecule has 1 aromatic rings. The van der Waals surface area contributed by atoms with Crippen molar-refractivity contribution in [3.8, 4) is 0 Å². The van der Waals surface area contributed by atoms with Crippen LogP contribution in [0.1, 0.15) is 43.0 Å². The highest BCUT2D eigenvalue weighted by Gasteiger charge is 2.16. The van der Waals surface area contributed by atoms with E-state index >= 15 is 0 Å². The number of hydrogen-bond acceptors (Lipinski definition) is 1. The van der Waals surface area contributed by atoms with E-state index in [2.05, 4.69) is 52.1 Å². The van der Waals surface area contributed by atoms with Crippen LogP contribution in [0.3, 0.4) is 0 Å². The average molecular weight is 268 g/mol. The van der Waals surface area contributed by atoms with Gasteiger partial charge in [-0.25, -0.2) is 0 Å². The molecule has 1 amide bonds. The molecule has 0 radical (unpaired) electrons. The molecule has 0 aliphatic heterocycles. The summed E-state index contributed by atoms with van der Waals surface area (Å²) in [6.45, 7) is 11.5. The SMILES string of the molecule is Cc1cc(C(C)(C)C)cc(C)c1CCNC(=O)Cl. The van der Waals surface area contributed by atoms with Crippen molar-refractivity contribution in [2.45, 2.75) is 46.5 Å². The molecule has 0 saturated heterocycles. The summed E-state index contributed by atoms with van der Waals surface area (Å²) in [7, 11) is 0. The summed E-state index contributed by atoms with van der Waals surface area (Å²) >= 11 is 5.26. The number of benzene rings is 1. The van der Waals surface area contributed by atoms with E-state index in [0.717, 1.165) is 6.42 Å². The quantitative estimate of drug-likeness (QED) is 0.649. The largest absolute Gasteiger partial charge is 0.342 e. The molecule has 0 atom stereocenters. The Hall–Kier alpha value is -1.02. The van der Waals surface area contributed by atoms with Crippen LogP contribution in [0, 0.1) is 13.8 Å². The van der Waals surface area contributed by atoms with Gasteiger partial charge in [0.05, 0.1) is 0 Å². The Labute approximate surface area is 115 Å². The predicted molar refractivity (Wildman–Crippen MR) is 77.6 cm³/mol. The minimum atomic E-state index is -0.489. The Balaban J connectivity index is 2.91. The fraction of sp³-hybridized carbons (Fsp3) is 0.533. The van der Waals surface area contributed by atoms with E-state index < -0.39 is 5.37 Å². The number of carbonyl (C=O) groups excluding carboxylic acids is 1. The van der Waals surface area contributed by atoms with E-state index in [-0.39, 0.29) is 5.41 Å². The molecule has 1 aromatic carbocycles. The molecule has 0 aromatic heterocycles. The summed E-state index contributed by atoms with van der Waals surface area (Å²) in [6, 6.07) is 4.48. The van der Waals surface area contributed by atoms with Crippen molar-refractivity contribution >= 4 is 17.0 Å². The van der Waals surface area contributed by atoms with E-state index in [1.165, 1.54) is 22.3 Å². The van der Waals surface area contributed by atoms with Gasteiger partial charge in [-0.3, -0.25) is 4.79 Å². The second kappa shape index (κ2) is 5.75. The second-order valence-corrected chi connectivity index (χ2v) is 6.13. The Kier molecular flexibility index (Phi) is 4.80. The van der Waals surface area contributed by atoms with E-state index in [0.29, 0.717) is 6.54 Å². The molecule has 1 N–H and O–H groups in total. The second-order valence-electron chi connectivity index (χ2n) is 5.79. The molecule has 0 fully saturated rings. The van der Waals surface area contributed by atoms with Gasteiger partial charge in [-0.05, 0) is 59.5 Å². The lowest BCUT2D eigenvalue weighted by Crippen LogP contribution is -2.20. The van der Waals surface area contributed by atoms with E-state index in [9.17, 15) is 4.79 Å². The molecule has 0 bridgehead atoms. The Morgan fingerprint density at radius 3 is 2.11 bits per heavy atom. The van der Waals surface area contributed by atoms with Crippen molar-refractivity contribution in [2.75, 3.05) is 6.54 Å². The zero-order chi connectivity index (χ0) is 13.9. The van der Waals surface area contributed by atoms with Crippen LogP contribution in [-0.2, 0) is 11.8 Å². The minimum absolute atomic E-state index is 0.165. The standard InChI is InChI=1S/C15H22ClNO/c1-10-8-12(15(3,4)5)9-11(2)13(10)6-7-17-14(16)18/h8-9H,6-7H2,1-5H3,(H,17,18). The molecule has 100 valence electrons. The first-order valence-corrected chi connectivity index (χ1v) is 6.63. The van der Waals surface area contributed by atoms with Crippen LogP contribution in [-0.4, -0.2) is 11.9 Å². The fourth-order valence-corrected chi connectivity index (χ4v) is 2.20. The van der Waals surface area contributed by atoms with Crippen LogP contribution in [0.15, 0.2) is 12.1 Å². The summed E-state index contributed by atoms with van der Waals surface area (Å²) in [5.41, 5.74) is 5.38. The summed E-state index contributed by atoms with van der Waals surface area (Å²) in [4.78, 5) is 10.6. The lowest BCUT2D eigenvalue weighted by Gasteiger charge is -2.22. The fourth-order valence-electron chi connectivity index (χ4n) is 2.11. The van der Waals surface area contributed by atoms with Crippen LogP contribution in [0.25, 0.3) is 0 Å². The smallest absolute Gasteiger partial charge is 0.313 e. The maximum Gasteiger partial charge on any atom is 0.313 e. The molecule has 18 heavy (non-hydrogen) atoms. The van der Waals surface area contributed by atoms with Gasteiger partial charge in [-0.2, -0.15) is 0 Å². The van der Waals surface area contributed by atoms with Gasteiger partial charge >= 0.3 is 5.37 Å². The van der Waals surface area contributed by atoms with Crippen LogP contribution in [0.5, 0.6) is 0 Å². The van der Waals surface area contributed by atoms with Gasteiger partial charge in [-0.15, -0.1) is 0 Å². The molecular formula is C15H22ClNO. The maximum absolute atomic E-state index is 10.6. The summed E-state index contributed by atoms with van der Waals surface area (Å²) in [5, 5.41) is 2.13. The maximum atomic E-state index is 10.6.